The molecule has 2 nitrogen and oxygen atoms in total. The van der Waals surface area contributed by atoms with Crippen molar-refractivity contribution >= 4 is 5.78 Å². The van der Waals surface area contributed by atoms with E-state index in [0.29, 0.717) is 13.0 Å². The largest absolute Gasteiger partial charge is 0.373 e. The molecular weight excluding hydrogens is 159 g/mol. The van der Waals surface area contributed by atoms with E-state index in [4.69, 9.17) is 4.74 Å². The van der Waals surface area contributed by atoms with E-state index >= 15 is 0 Å². The predicted octanol–water partition coefficient (Wildman–Crippen LogP) is 1.38. The van der Waals surface area contributed by atoms with Crippen LogP contribution in [0.25, 0.3) is 0 Å². The van der Waals surface area contributed by atoms with Crippen molar-refractivity contribution in [3.63, 3.8) is 0 Å². The molecule has 0 spiro atoms. The first-order valence-corrected chi connectivity index (χ1v) is 3.97. The topological polar surface area (TPSA) is 26.3 Å². The maximum absolute atomic E-state index is 12.7. The minimum Gasteiger partial charge on any atom is -0.373 e. The summed E-state index contributed by atoms with van der Waals surface area (Å²) in [6.07, 6.45) is 4.47. The summed E-state index contributed by atoms with van der Waals surface area (Å²) >= 11 is 0. The first-order chi connectivity index (χ1) is 5.77. The van der Waals surface area contributed by atoms with Gasteiger partial charge in [0, 0.05) is 6.42 Å². The maximum atomic E-state index is 12.7. The van der Waals surface area contributed by atoms with Crippen molar-refractivity contribution in [2.24, 2.45) is 5.92 Å². The van der Waals surface area contributed by atoms with E-state index in [1.807, 2.05) is 0 Å². The van der Waals surface area contributed by atoms with Gasteiger partial charge in [0.05, 0.1) is 18.6 Å². The number of hydrogen-bond donors (Lipinski definition) is 0. The van der Waals surface area contributed by atoms with E-state index < -0.39 is 0 Å². The van der Waals surface area contributed by atoms with Crippen LogP contribution >= 0.6 is 0 Å². The number of fused-ring (bicyclic) bond motifs is 1. The minimum absolute atomic E-state index is 0.0748. The second-order valence-corrected chi connectivity index (χ2v) is 2.99. The fourth-order valence-corrected chi connectivity index (χ4v) is 1.53. The van der Waals surface area contributed by atoms with Gasteiger partial charge in [-0.15, -0.1) is 0 Å². The summed E-state index contributed by atoms with van der Waals surface area (Å²) < 4.78 is 18.0. The van der Waals surface area contributed by atoms with Gasteiger partial charge in [0.1, 0.15) is 11.6 Å². The molecule has 1 saturated heterocycles. The second kappa shape index (κ2) is 2.83. The lowest BCUT2D eigenvalue weighted by atomic mass is 9.89. The van der Waals surface area contributed by atoms with Crippen molar-refractivity contribution in [1.82, 2.24) is 0 Å². The Morgan fingerprint density at radius 1 is 1.58 bits per heavy atom. The molecule has 2 unspecified atom stereocenters. The summed E-state index contributed by atoms with van der Waals surface area (Å²) in [5, 5.41) is 0. The van der Waals surface area contributed by atoms with Gasteiger partial charge in [0.2, 0.25) is 0 Å². The molecule has 1 fully saturated rings. The summed E-state index contributed by atoms with van der Waals surface area (Å²) in [7, 11) is 0. The van der Waals surface area contributed by atoms with Crippen molar-refractivity contribution in [3.05, 3.63) is 24.1 Å². The molecule has 0 saturated carbocycles. The van der Waals surface area contributed by atoms with Crippen molar-refractivity contribution in [3.8, 4) is 0 Å². The molecule has 2 aliphatic rings. The smallest absolute Gasteiger partial charge is 0.145 e. The van der Waals surface area contributed by atoms with Gasteiger partial charge in [-0.25, -0.2) is 4.39 Å². The van der Waals surface area contributed by atoms with Crippen LogP contribution in [-0.2, 0) is 9.53 Å². The number of carbonyl (C=O) groups is 1. The highest BCUT2D eigenvalue weighted by Gasteiger charge is 2.31. The molecule has 1 aliphatic heterocycles. The number of carbonyl (C=O) groups excluding carboxylic acids is 1. The number of rotatable bonds is 0. The monoisotopic (exact) mass is 168 g/mol. The van der Waals surface area contributed by atoms with Crippen LogP contribution in [0.3, 0.4) is 0 Å². The molecule has 1 aliphatic carbocycles. The Bertz CT molecular complexity index is 268. The van der Waals surface area contributed by atoms with Gasteiger partial charge < -0.3 is 4.74 Å². The highest BCUT2D eigenvalue weighted by molar-refractivity contribution is 5.84. The van der Waals surface area contributed by atoms with Crippen molar-refractivity contribution in [1.29, 1.82) is 0 Å². The minimum atomic E-state index is -0.385. The molecule has 0 aromatic heterocycles. The Labute approximate surface area is 69.7 Å². The Morgan fingerprint density at radius 2 is 2.42 bits per heavy atom. The van der Waals surface area contributed by atoms with Gasteiger partial charge in [-0.2, -0.15) is 0 Å². The summed E-state index contributed by atoms with van der Waals surface area (Å²) in [6, 6.07) is 0. The average molecular weight is 168 g/mol. The van der Waals surface area contributed by atoms with Crippen LogP contribution in [0.15, 0.2) is 24.1 Å². The SMILES string of the molecule is O=C1CCOC2C=CC(F)=CC12. The molecule has 12 heavy (non-hydrogen) atoms. The second-order valence-electron chi connectivity index (χ2n) is 2.99. The molecule has 1 heterocycles. The van der Waals surface area contributed by atoms with Gasteiger partial charge in [0.15, 0.2) is 0 Å². The Morgan fingerprint density at radius 3 is 3.25 bits per heavy atom. The highest BCUT2D eigenvalue weighted by atomic mass is 19.1. The van der Waals surface area contributed by atoms with E-state index in [-0.39, 0.29) is 23.6 Å². The lowest BCUT2D eigenvalue weighted by Gasteiger charge is -2.28. The summed E-state index contributed by atoms with van der Waals surface area (Å²) in [6.45, 7) is 0.458. The lowest BCUT2D eigenvalue weighted by Crippen LogP contribution is -2.35. The zero-order valence-electron chi connectivity index (χ0n) is 6.50. The lowest BCUT2D eigenvalue weighted by molar-refractivity contribution is -0.131. The Kier molecular flexibility index (Phi) is 1.81. The van der Waals surface area contributed by atoms with Crippen molar-refractivity contribution in [2.75, 3.05) is 6.61 Å². The first-order valence-electron chi connectivity index (χ1n) is 3.97. The number of Topliss-reactive ketones (excluding diaryl/α,β-unsaturated/α-hetero) is 1. The quantitative estimate of drug-likeness (QED) is 0.546. The van der Waals surface area contributed by atoms with E-state index in [0.717, 1.165) is 0 Å². The summed E-state index contributed by atoms with van der Waals surface area (Å²) in [5.41, 5.74) is 0. The van der Waals surface area contributed by atoms with Crippen molar-refractivity contribution < 1.29 is 13.9 Å². The van der Waals surface area contributed by atoms with Gasteiger partial charge in [0.25, 0.3) is 0 Å². The molecule has 0 amide bonds. The van der Waals surface area contributed by atoms with Crippen molar-refractivity contribution in [2.45, 2.75) is 12.5 Å². The number of ketones is 1. The van der Waals surface area contributed by atoms with E-state index in [2.05, 4.69) is 0 Å². The molecule has 2 rings (SSSR count). The molecule has 2 atom stereocenters. The standard InChI is InChI=1S/C9H9FO2/c10-6-1-2-9-7(5-6)8(11)3-4-12-9/h1-2,5,7,9H,3-4H2. The molecule has 0 radical (unpaired) electrons. The normalized spacial score (nSPS) is 34.4. The van der Waals surface area contributed by atoms with Gasteiger partial charge >= 0.3 is 0 Å². The van der Waals surface area contributed by atoms with Crippen LogP contribution in [-0.4, -0.2) is 18.5 Å². The summed E-state index contributed by atoms with van der Waals surface area (Å²) in [4.78, 5) is 11.2. The molecular formula is C9H9FO2. The van der Waals surface area contributed by atoms with E-state index in [1.54, 1.807) is 6.08 Å². The predicted molar refractivity (Wildman–Crippen MR) is 41.2 cm³/mol. The fraction of sp³-hybridized carbons (Fsp3) is 0.444. The molecule has 0 aromatic carbocycles. The third-order valence-corrected chi connectivity index (χ3v) is 2.17. The molecule has 0 aromatic rings. The third-order valence-electron chi connectivity index (χ3n) is 2.17. The molecule has 64 valence electrons. The summed E-state index contributed by atoms with van der Waals surface area (Å²) in [5.74, 6) is -0.649. The first kappa shape index (κ1) is 7.68. The number of hydrogen-bond acceptors (Lipinski definition) is 2. The molecule has 0 bridgehead atoms. The highest BCUT2D eigenvalue weighted by Crippen LogP contribution is 2.25. The van der Waals surface area contributed by atoms with Crippen LogP contribution in [0.5, 0.6) is 0 Å². The maximum Gasteiger partial charge on any atom is 0.145 e. The molecule has 3 heteroatoms. The Balaban J connectivity index is 2.24. The van der Waals surface area contributed by atoms with Gasteiger partial charge in [-0.05, 0) is 12.2 Å². The molecule has 0 N–H and O–H groups in total. The van der Waals surface area contributed by atoms with Crippen LogP contribution < -0.4 is 0 Å². The van der Waals surface area contributed by atoms with Gasteiger partial charge in [-0.3, -0.25) is 4.79 Å². The number of halogens is 1. The van der Waals surface area contributed by atoms with E-state index in [9.17, 15) is 9.18 Å². The van der Waals surface area contributed by atoms with Crippen LogP contribution in [0.2, 0.25) is 0 Å². The number of allylic oxidation sites excluding steroid dienone is 2. The van der Waals surface area contributed by atoms with Gasteiger partial charge in [-0.1, -0.05) is 6.08 Å². The zero-order chi connectivity index (χ0) is 8.55. The van der Waals surface area contributed by atoms with E-state index in [1.165, 1.54) is 12.2 Å². The zero-order valence-corrected chi connectivity index (χ0v) is 6.50. The third kappa shape index (κ3) is 1.20. The fourth-order valence-electron chi connectivity index (χ4n) is 1.53. The Hall–Kier alpha value is -0.960. The van der Waals surface area contributed by atoms with Crippen LogP contribution in [0.4, 0.5) is 4.39 Å². The van der Waals surface area contributed by atoms with Crippen LogP contribution in [0.1, 0.15) is 6.42 Å². The van der Waals surface area contributed by atoms with Crippen LogP contribution in [0, 0.1) is 5.92 Å². The number of ether oxygens (including phenoxy) is 1. The average Bonchev–Trinajstić information content (AvgIpc) is 2.07.